The summed E-state index contributed by atoms with van der Waals surface area (Å²) in [5.74, 6) is 0.528. The van der Waals surface area contributed by atoms with Crippen molar-refractivity contribution in [2.75, 3.05) is 38.1 Å². The summed E-state index contributed by atoms with van der Waals surface area (Å²) in [5.41, 5.74) is 10.2. The highest BCUT2D eigenvalue weighted by Crippen LogP contribution is 2.36. The van der Waals surface area contributed by atoms with Crippen LogP contribution in [0.5, 0.6) is 0 Å². The van der Waals surface area contributed by atoms with Crippen molar-refractivity contribution in [3.8, 4) is 22.3 Å². The van der Waals surface area contributed by atoms with Crippen molar-refractivity contribution in [2.45, 2.75) is 26.7 Å². The standard InChI is InChI=1S/C30H32N4O/c1-19-14-24(15-20(2)28(19)34-12-10-33(3)11-13-34)25-16-26-27(18-32-30(26)31-17-25)21-4-6-22(7-5-21)29(35)23-8-9-23/h4-7,14-18,23H,8-13H2,1-3H3,(H,31,32). The summed E-state index contributed by atoms with van der Waals surface area (Å²) in [6.07, 6.45) is 6.05. The number of rotatable bonds is 5. The van der Waals surface area contributed by atoms with Gasteiger partial charge in [0, 0.05) is 72.3 Å². The van der Waals surface area contributed by atoms with Gasteiger partial charge in [-0.2, -0.15) is 0 Å². The molecule has 1 saturated carbocycles. The number of fused-ring (bicyclic) bond motifs is 1. The third-order valence-corrected chi connectivity index (χ3v) is 7.60. The molecule has 0 spiro atoms. The van der Waals surface area contributed by atoms with Gasteiger partial charge < -0.3 is 14.8 Å². The molecule has 2 aliphatic rings. The molecule has 2 fully saturated rings. The van der Waals surface area contributed by atoms with Crippen molar-refractivity contribution in [1.82, 2.24) is 14.9 Å². The lowest BCUT2D eigenvalue weighted by atomic mass is 9.97. The number of aromatic amines is 1. The van der Waals surface area contributed by atoms with Crippen LogP contribution in [0.15, 0.2) is 54.9 Å². The summed E-state index contributed by atoms with van der Waals surface area (Å²) in [7, 11) is 2.20. The Kier molecular flexibility index (Phi) is 5.45. The highest BCUT2D eigenvalue weighted by molar-refractivity contribution is 6.00. The molecule has 1 aliphatic carbocycles. The number of likely N-dealkylation sites (N-methyl/N-ethyl adjacent to an activating group) is 1. The van der Waals surface area contributed by atoms with E-state index in [0.717, 1.165) is 72.3 Å². The Morgan fingerprint density at radius 1 is 0.914 bits per heavy atom. The first-order valence-electron chi connectivity index (χ1n) is 12.6. The maximum absolute atomic E-state index is 12.4. The number of piperazine rings is 1. The number of Topliss-reactive ketones (excluding diaryl/α,β-unsaturated/α-hetero) is 1. The second kappa shape index (κ2) is 8.65. The molecule has 0 radical (unpaired) electrons. The van der Waals surface area contributed by atoms with Crippen LogP contribution in [0.4, 0.5) is 5.69 Å². The largest absolute Gasteiger partial charge is 0.369 e. The first-order valence-corrected chi connectivity index (χ1v) is 12.6. The fraction of sp³-hybridized carbons (Fsp3) is 0.333. The maximum Gasteiger partial charge on any atom is 0.165 e. The van der Waals surface area contributed by atoms with Gasteiger partial charge in [-0.25, -0.2) is 4.98 Å². The van der Waals surface area contributed by atoms with Crippen molar-refractivity contribution < 1.29 is 4.79 Å². The second-order valence-electron chi connectivity index (χ2n) is 10.3. The molecule has 0 amide bonds. The van der Waals surface area contributed by atoms with Gasteiger partial charge in [-0.15, -0.1) is 0 Å². The smallest absolute Gasteiger partial charge is 0.165 e. The molecule has 0 atom stereocenters. The minimum absolute atomic E-state index is 0.246. The molecule has 1 saturated heterocycles. The Morgan fingerprint density at radius 2 is 1.60 bits per heavy atom. The van der Waals surface area contributed by atoms with E-state index in [1.54, 1.807) is 0 Å². The van der Waals surface area contributed by atoms with Gasteiger partial charge in [-0.05, 0) is 74.2 Å². The van der Waals surface area contributed by atoms with E-state index in [1.165, 1.54) is 22.4 Å². The number of nitrogens with zero attached hydrogens (tertiary/aromatic N) is 3. The molecule has 2 aromatic heterocycles. The van der Waals surface area contributed by atoms with E-state index in [1.807, 2.05) is 24.5 Å². The molecule has 5 nitrogen and oxygen atoms in total. The zero-order chi connectivity index (χ0) is 24.1. The zero-order valence-electron chi connectivity index (χ0n) is 20.8. The number of pyridine rings is 1. The van der Waals surface area contributed by atoms with Crippen molar-refractivity contribution in [3.63, 3.8) is 0 Å². The van der Waals surface area contributed by atoms with E-state index in [-0.39, 0.29) is 11.7 Å². The van der Waals surface area contributed by atoms with Gasteiger partial charge in [-0.3, -0.25) is 4.79 Å². The lowest BCUT2D eigenvalue weighted by Crippen LogP contribution is -2.45. The van der Waals surface area contributed by atoms with Gasteiger partial charge in [0.2, 0.25) is 0 Å². The number of nitrogens with one attached hydrogen (secondary N) is 1. The molecule has 4 aromatic rings. The lowest BCUT2D eigenvalue weighted by Gasteiger charge is -2.36. The number of hydrogen-bond acceptors (Lipinski definition) is 4. The number of benzene rings is 2. The Hall–Kier alpha value is -3.44. The van der Waals surface area contributed by atoms with Crippen molar-refractivity contribution in [3.05, 3.63) is 71.5 Å². The minimum atomic E-state index is 0.246. The number of aryl methyl sites for hydroxylation is 2. The molecule has 1 aliphatic heterocycles. The average Bonchev–Trinajstić information content (AvgIpc) is 3.63. The van der Waals surface area contributed by atoms with Crippen LogP contribution in [0.2, 0.25) is 0 Å². The van der Waals surface area contributed by atoms with Gasteiger partial charge in [0.25, 0.3) is 0 Å². The predicted molar refractivity (Wildman–Crippen MR) is 143 cm³/mol. The van der Waals surface area contributed by atoms with Crippen molar-refractivity contribution >= 4 is 22.5 Å². The van der Waals surface area contributed by atoms with E-state index in [2.05, 4.69) is 66.0 Å². The second-order valence-corrected chi connectivity index (χ2v) is 10.3. The zero-order valence-corrected chi connectivity index (χ0v) is 20.8. The summed E-state index contributed by atoms with van der Waals surface area (Å²) in [5, 5.41) is 1.10. The van der Waals surface area contributed by atoms with Crippen LogP contribution >= 0.6 is 0 Å². The highest BCUT2D eigenvalue weighted by atomic mass is 16.1. The predicted octanol–water partition coefficient (Wildman–Crippen LogP) is 5.86. The van der Waals surface area contributed by atoms with Crippen molar-refractivity contribution in [2.24, 2.45) is 5.92 Å². The van der Waals surface area contributed by atoms with Gasteiger partial charge in [0.05, 0.1) is 0 Å². The van der Waals surface area contributed by atoms with Crippen LogP contribution in [-0.4, -0.2) is 53.9 Å². The van der Waals surface area contributed by atoms with Crippen LogP contribution in [0, 0.1) is 19.8 Å². The van der Waals surface area contributed by atoms with Crippen molar-refractivity contribution in [1.29, 1.82) is 0 Å². The molecular weight excluding hydrogens is 432 g/mol. The van der Waals surface area contributed by atoms with Crippen LogP contribution < -0.4 is 4.90 Å². The first-order chi connectivity index (χ1) is 17.0. The number of carbonyl (C=O) groups excluding carboxylic acids is 1. The Balaban J connectivity index is 1.33. The summed E-state index contributed by atoms with van der Waals surface area (Å²) in [4.78, 5) is 25.4. The van der Waals surface area contributed by atoms with Crippen LogP contribution in [0.3, 0.4) is 0 Å². The molecule has 2 aromatic carbocycles. The lowest BCUT2D eigenvalue weighted by molar-refractivity contribution is 0.0967. The normalized spacial score (nSPS) is 16.7. The van der Waals surface area contributed by atoms with E-state index < -0.39 is 0 Å². The van der Waals surface area contributed by atoms with E-state index >= 15 is 0 Å². The fourth-order valence-corrected chi connectivity index (χ4v) is 5.45. The molecule has 0 bridgehead atoms. The number of aromatic nitrogens is 2. The molecule has 35 heavy (non-hydrogen) atoms. The van der Waals surface area contributed by atoms with Gasteiger partial charge in [0.15, 0.2) is 5.78 Å². The maximum atomic E-state index is 12.4. The Labute approximate surface area is 206 Å². The summed E-state index contributed by atoms with van der Waals surface area (Å²) in [6, 6.07) is 14.9. The monoisotopic (exact) mass is 464 g/mol. The minimum Gasteiger partial charge on any atom is -0.369 e. The first kappa shape index (κ1) is 22.1. The summed E-state index contributed by atoms with van der Waals surface area (Å²) >= 11 is 0. The van der Waals surface area contributed by atoms with Crippen LogP contribution in [0.1, 0.15) is 34.3 Å². The van der Waals surface area contributed by atoms with Crippen LogP contribution in [-0.2, 0) is 0 Å². The molecule has 5 heteroatoms. The number of H-pyrrole nitrogens is 1. The molecule has 178 valence electrons. The summed E-state index contributed by atoms with van der Waals surface area (Å²) in [6.45, 7) is 8.80. The van der Waals surface area contributed by atoms with Crippen LogP contribution in [0.25, 0.3) is 33.3 Å². The topological polar surface area (TPSA) is 52.2 Å². The van der Waals surface area contributed by atoms with Gasteiger partial charge in [0.1, 0.15) is 5.65 Å². The van der Waals surface area contributed by atoms with Gasteiger partial charge in [-0.1, -0.05) is 24.3 Å². The van der Waals surface area contributed by atoms with E-state index in [4.69, 9.17) is 4.98 Å². The summed E-state index contributed by atoms with van der Waals surface area (Å²) < 4.78 is 0. The fourth-order valence-electron chi connectivity index (χ4n) is 5.45. The third kappa shape index (κ3) is 4.14. The number of hydrogen-bond donors (Lipinski definition) is 1. The third-order valence-electron chi connectivity index (χ3n) is 7.60. The number of anilines is 1. The average molecular weight is 465 g/mol. The van der Waals surface area contributed by atoms with E-state index in [9.17, 15) is 4.79 Å². The molecule has 3 heterocycles. The highest BCUT2D eigenvalue weighted by Gasteiger charge is 2.30. The Bertz CT molecular complexity index is 1380. The molecular formula is C30H32N4O. The molecule has 1 N–H and O–H groups in total. The Morgan fingerprint density at radius 3 is 2.26 bits per heavy atom. The molecule has 0 unspecified atom stereocenters. The quantitative estimate of drug-likeness (QED) is 0.376. The SMILES string of the molecule is Cc1cc(-c2cnc3[nH]cc(-c4ccc(C(=O)C5CC5)cc4)c3c2)cc(C)c1N1CCN(C)CC1. The van der Waals surface area contributed by atoms with Gasteiger partial charge >= 0.3 is 0 Å². The number of carbonyl (C=O) groups is 1. The number of ketones is 1. The molecule has 6 rings (SSSR count). The van der Waals surface area contributed by atoms with E-state index in [0.29, 0.717) is 0 Å².